The second-order valence-corrected chi connectivity index (χ2v) is 7.48. The van der Waals surface area contributed by atoms with Crippen LogP contribution in [0, 0.1) is 11.8 Å². The molecule has 0 saturated carbocycles. The molecule has 2 aromatic rings. The van der Waals surface area contributed by atoms with Gasteiger partial charge < -0.3 is 24.5 Å². The van der Waals surface area contributed by atoms with Crippen molar-refractivity contribution in [2.75, 3.05) is 44.4 Å². The van der Waals surface area contributed by atoms with Gasteiger partial charge in [0.2, 0.25) is 0 Å². The summed E-state index contributed by atoms with van der Waals surface area (Å²) < 4.78 is 17.2. The number of hydrogen-bond donors (Lipinski definition) is 2. The number of hydrogen-bond acceptors (Lipinski definition) is 6. The summed E-state index contributed by atoms with van der Waals surface area (Å²) in [6.45, 7) is 13.2. The van der Waals surface area contributed by atoms with E-state index in [1.54, 1.807) is 12.2 Å². The minimum Gasteiger partial charge on any atom is -0.489 e. The zero-order valence-corrected chi connectivity index (χ0v) is 19.7. The molecule has 2 aromatic carbocycles. The van der Waals surface area contributed by atoms with Crippen LogP contribution in [0.4, 0.5) is 11.4 Å². The third-order valence-corrected chi connectivity index (χ3v) is 5.19. The highest BCUT2D eigenvalue weighted by atomic mass is 16.5. The fourth-order valence-corrected chi connectivity index (χ4v) is 3.52. The van der Waals surface area contributed by atoms with Crippen LogP contribution in [0.25, 0.3) is 0 Å². The van der Waals surface area contributed by atoms with Crippen LogP contribution >= 0.6 is 0 Å². The van der Waals surface area contributed by atoms with E-state index in [4.69, 9.17) is 25.0 Å². The lowest BCUT2D eigenvalue weighted by Gasteiger charge is -2.28. The minimum absolute atomic E-state index is 0.327. The number of morpholine rings is 1. The van der Waals surface area contributed by atoms with Crippen molar-refractivity contribution in [1.82, 2.24) is 5.43 Å². The summed E-state index contributed by atoms with van der Waals surface area (Å²) in [5, 5.41) is 0. The topological polar surface area (TPSA) is 81.3 Å². The Balaban J connectivity index is 1.98. The zero-order valence-electron chi connectivity index (χ0n) is 19.7. The third kappa shape index (κ3) is 6.64. The standard InChI is InChI=1S/C27H32N4O3/c1-4-7-8-21-19-24(26(34-16-6-3)20-25(21)33-15-5-2)27(30-28)29-22-9-11-23(12-10-22)31-13-17-32-18-14-31/h5-6,9-12,19-20H,2-3,8,13-18,28H2,1H3,(H,29,30). The summed E-state index contributed by atoms with van der Waals surface area (Å²) in [7, 11) is 0. The van der Waals surface area contributed by atoms with E-state index in [-0.39, 0.29) is 0 Å². The fourth-order valence-electron chi connectivity index (χ4n) is 3.52. The van der Waals surface area contributed by atoms with E-state index in [0.29, 0.717) is 42.5 Å². The molecule has 3 N–H and O–H groups in total. The average molecular weight is 461 g/mol. The van der Waals surface area contributed by atoms with Crippen LogP contribution in [0.2, 0.25) is 0 Å². The Bertz CT molecular complexity index is 1060. The van der Waals surface area contributed by atoms with Crippen LogP contribution in [-0.2, 0) is 11.2 Å². The van der Waals surface area contributed by atoms with E-state index in [1.807, 2.05) is 31.2 Å². The summed E-state index contributed by atoms with van der Waals surface area (Å²) in [5.41, 5.74) is 6.25. The number of anilines is 1. The highest BCUT2D eigenvalue weighted by molar-refractivity contribution is 6.02. The SMILES string of the molecule is C=CCOc1cc(OCC=C)c(C(=Nc2ccc(N3CCOCC3)cc2)NN)cc1CC#CC. The Morgan fingerprint density at radius 1 is 1.12 bits per heavy atom. The molecule has 1 aliphatic rings. The van der Waals surface area contributed by atoms with E-state index in [1.165, 1.54) is 0 Å². The number of hydrazine groups is 1. The maximum absolute atomic E-state index is 5.93. The van der Waals surface area contributed by atoms with Gasteiger partial charge in [-0.15, -0.1) is 5.92 Å². The quantitative estimate of drug-likeness (QED) is 0.140. The molecule has 0 aromatic heterocycles. The lowest BCUT2D eigenvalue weighted by molar-refractivity contribution is 0.122. The maximum Gasteiger partial charge on any atom is 0.151 e. The van der Waals surface area contributed by atoms with Crippen molar-refractivity contribution in [3.8, 4) is 23.3 Å². The van der Waals surface area contributed by atoms with Crippen LogP contribution in [0.3, 0.4) is 0 Å². The molecule has 178 valence electrons. The van der Waals surface area contributed by atoms with Crippen LogP contribution in [0.15, 0.2) is 66.7 Å². The smallest absolute Gasteiger partial charge is 0.151 e. The van der Waals surface area contributed by atoms with Gasteiger partial charge in [-0.25, -0.2) is 10.8 Å². The Morgan fingerprint density at radius 3 is 2.41 bits per heavy atom. The molecule has 7 nitrogen and oxygen atoms in total. The van der Waals surface area contributed by atoms with E-state index >= 15 is 0 Å². The Morgan fingerprint density at radius 2 is 1.79 bits per heavy atom. The molecule has 0 atom stereocenters. The molecule has 34 heavy (non-hydrogen) atoms. The summed E-state index contributed by atoms with van der Waals surface area (Å²) in [6, 6.07) is 11.8. The second-order valence-electron chi connectivity index (χ2n) is 7.48. The normalized spacial score (nSPS) is 13.5. The highest BCUT2D eigenvalue weighted by Crippen LogP contribution is 2.31. The lowest BCUT2D eigenvalue weighted by atomic mass is 10.0. The second kappa shape index (κ2) is 13.1. The van der Waals surface area contributed by atoms with Crippen molar-refractivity contribution in [3.63, 3.8) is 0 Å². The molecule has 1 fully saturated rings. The molecule has 3 rings (SSSR count). The minimum atomic E-state index is 0.327. The molecule has 0 amide bonds. The third-order valence-electron chi connectivity index (χ3n) is 5.19. The zero-order chi connectivity index (χ0) is 24.2. The molecule has 1 aliphatic heterocycles. The van der Waals surface area contributed by atoms with Gasteiger partial charge >= 0.3 is 0 Å². The number of nitrogens with zero attached hydrogens (tertiary/aromatic N) is 2. The van der Waals surface area contributed by atoms with Crippen LogP contribution in [0.5, 0.6) is 11.5 Å². The number of nitrogens with one attached hydrogen (secondary N) is 1. The fraction of sp³-hybridized carbons (Fsp3) is 0.296. The molecule has 1 saturated heterocycles. The first kappa shape index (κ1) is 24.9. The van der Waals surface area contributed by atoms with Crippen molar-refractivity contribution < 1.29 is 14.2 Å². The number of nitrogens with two attached hydrogens (primary N) is 1. The van der Waals surface area contributed by atoms with E-state index in [2.05, 4.69) is 47.5 Å². The van der Waals surface area contributed by atoms with Crippen molar-refractivity contribution in [1.29, 1.82) is 0 Å². The van der Waals surface area contributed by atoms with Gasteiger partial charge in [-0.1, -0.05) is 31.2 Å². The van der Waals surface area contributed by atoms with Crippen molar-refractivity contribution in [2.24, 2.45) is 10.8 Å². The van der Waals surface area contributed by atoms with Gasteiger partial charge in [-0.05, 0) is 37.3 Å². The summed E-state index contributed by atoms with van der Waals surface area (Å²) in [4.78, 5) is 7.05. The van der Waals surface area contributed by atoms with Crippen LogP contribution in [0.1, 0.15) is 18.1 Å². The first-order valence-corrected chi connectivity index (χ1v) is 11.2. The van der Waals surface area contributed by atoms with Crippen LogP contribution in [-0.4, -0.2) is 45.4 Å². The summed E-state index contributed by atoms with van der Waals surface area (Å²) in [6.07, 6.45) is 3.90. The van der Waals surface area contributed by atoms with Crippen LogP contribution < -0.4 is 25.6 Å². The number of amidine groups is 1. The first-order chi connectivity index (χ1) is 16.7. The molecule has 1 heterocycles. The number of ether oxygens (including phenoxy) is 3. The molecule has 0 bridgehead atoms. The molecule has 0 spiro atoms. The predicted molar refractivity (Wildman–Crippen MR) is 138 cm³/mol. The molecule has 0 radical (unpaired) electrons. The van der Waals surface area contributed by atoms with Gasteiger partial charge in [0.25, 0.3) is 0 Å². The van der Waals surface area contributed by atoms with E-state index in [9.17, 15) is 0 Å². The summed E-state index contributed by atoms with van der Waals surface area (Å²) in [5.74, 6) is 13.7. The molecule has 0 aliphatic carbocycles. The van der Waals surface area contributed by atoms with Gasteiger partial charge in [0, 0.05) is 36.8 Å². The van der Waals surface area contributed by atoms with Gasteiger partial charge in [0.05, 0.1) is 24.5 Å². The van der Waals surface area contributed by atoms with E-state index < -0.39 is 0 Å². The van der Waals surface area contributed by atoms with Gasteiger partial charge in [-0.3, -0.25) is 0 Å². The monoisotopic (exact) mass is 460 g/mol. The predicted octanol–water partition coefficient (Wildman–Crippen LogP) is 3.76. The van der Waals surface area contributed by atoms with Crippen molar-refractivity contribution >= 4 is 17.2 Å². The molecular formula is C27H32N4O3. The van der Waals surface area contributed by atoms with Gasteiger partial charge in [0.15, 0.2) is 5.84 Å². The number of benzene rings is 2. The van der Waals surface area contributed by atoms with Gasteiger partial charge in [-0.2, -0.15) is 0 Å². The maximum atomic E-state index is 5.93. The van der Waals surface area contributed by atoms with Gasteiger partial charge in [0.1, 0.15) is 24.7 Å². The summed E-state index contributed by atoms with van der Waals surface area (Å²) >= 11 is 0. The molecular weight excluding hydrogens is 428 g/mol. The Hall–Kier alpha value is -3.73. The Labute approximate surface area is 201 Å². The average Bonchev–Trinajstić information content (AvgIpc) is 2.89. The van der Waals surface area contributed by atoms with Crippen molar-refractivity contribution in [2.45, 2.75) is 13.3 Å². The lowest BCUT2D eigenvalue weighted by Crippen LogP contribution is -2.36. The van der Waals surface area contributed by atoms with Crippen molar-refractivity contribution in [3.05, 3.63) is 72.8 Å². The first-order valence-electron chi connectivity index (χ1n) is 11.2. The number of aliphatic imine (C=N–C) groups is 1. The Kier molecular flexibility index (Phi) is 9.59. The number of rotatable bonds is 10. The largest absolute Gasteiger partial charge is 0.489 e. The van der Waals surface area contributed by atoms with E-state index in [0.717, 1.165) is 43.2 Å². The highest BCUT2D eigenvalue weighted by Gasteiger charge is 2.17. The molecule has 7 heteroatoms. The molecule has 0 unspecified atom stereocenters.